The highest BCUT2D eigenvalue weighted by atomic mass is 35.5. The highest BCUT2D eigenvalue weighted by Crippen LogP contribution is 2.28. The molecule has 36 heavy (non-hydrogen) atoms. The van der Waals surface area contributed by atoms with E-state index in [4.69, 9.17) is 11.6 Å². The average molecular weight is 528 g/mol. The van der Waals surface area contributed by atoms with E-state index in [0.717, 1.165) is 21.5 Å². The number of carbonyl (C=O) groups excluding carboxylic acids is 1. The Labute approximate surface area is 218 Å². The highest BCUT2D eigenvalue weighted by Gasteiger charge is 2.19. The van der Waals surface area contributed by atoms with Gasteiger partial charge in [-0.15, -0.1) is 11.3 Å². The summed E-state index contributed by atoms with van der Waals surface area (Å²) in [4.78, 5) is 31.1. The number of aliphatic hydroxyl groups excluding tert-OH is 1. The molecule has 0 aliphatic heterocycles. The molecule has 0 saturated heterocycles. The lowest BCUT2D eigenvalue weighted by Crippen LogP contribution is -2.29. The van der Waals surface area contributed by atoms with Crippen molar-refractivity contribution in [2.75, 3.05) is 13.6 Å². The predicted molar refractivity (Wildman–Crippen MR) is 145 cm³/mol. The largest absolute Gasteiger partial charge is 0.385 e. The SMILES string of the molecule is CN.Cc1c(CNCC(O)c2ccccn2)sc2c(=O)c(C(=O)NCc3ccc(Cl)cc3)cn(C)c12. The van der Waals surface area contributed by atoms with Crippen molar-refractivity contribution in [3.8, 4) is 0 Å². The molecule has 5 N–H and O–H groups in total. The van der Waals surface area contributed by atoms with E-state index in [2.05, 4.69) is 21.4 Å². The van der Waals surface area contributed by atoms with E-state index in [0.29, 0.717) is 35.1 Å². The first-order chi connectivity index (χ1) is 17.3. The molecule has 0 saturated carbocycles. The van der Waals surface area contributed by atoms with Gasteiger partial charge in [0.05, 0.1) is 15.9 Å². The fourth-order valence-electron chi connectivity index (χ4n) is 3.78. The summed E-state index contributed by atoms with van der Waals surface area (Å²) in [7, 11) is 3.33. The number of aliphatic hydroxyl groups is 1. The van der Waals surface area contributed by atoms with Crippen LogP contribution < -0.4 is 21.8 Å². The van der Waals surface area contributed by atoms with E-state index in [1.165, 1.54) is 18.4 Å². The molecule has 1 amide bonds. The van der Waals surface area contributed by atoms with Crippen molar-refractivity contribution in [1.82, 2.24) is 20.2 Å². The molecule has 3 heterocycles. The molecular formula is C26H30ClN5O3S. The molecule has 0 radical (unpaired) electrons. The maximum Gasteiger partial charge on any atom is 0.257 e. The van der Waals surface area contributed by atoms with Gasteiger partial charge in [0.25, 0.3) is 5.91 Å². The zero-order valence-corrected chi connectivity index (χ0v) is 22.0. The third-order valence-corrected chi connectivity index (χ3v) is 7.14. The van der Waals surface area contributed by atoms with Crippen molar-refractivity contribution in [3.63, 3.8) is 0 Å². The van der Waals surface area contributed by atoms with Crippen LogP contribution in [0.25, 0.3) is 10.2 Å². The molecule has 1 atom stereocenters. The number of thiophene rings is 1. The summed E-state index contributed by atoms with van der Waals surface area (Å²) in [6, 6.07) is 12.6. The van der Waals surface area contributed by atoms with Crippen molar-refractivity contribution in [3.05, 3.63) is 97.4 Å². The second kappa shape index (κ2) is 12.8. The Balaban J connectivity index is 0.00000176. The summed E-state index contributed by atoms with van der Waals surface area (Å²) < 4.78 is 2.37. The third-order valence-electron chi connectivity index (χ3n) is 5.60. The predicted octanol–water partition coefficient (Wildman–Crippen LogP) is 3.28. The Bertz CT molecular complexity index is 1370. The van der Waals surface area contributed by atoms with E-state index in [-0.39, 0.29) is 11.0 Å². The lowest BCUT2D eigenvalue weighted by Gasteiger charge is -2.11. The van der Waals surface area contributed by atoms with Gasteiger partial charge in [-0.3, -0.25) is 14.6 Å². The fourth-order valence-corrected chi connectivity index (χ4v) is 5.17. The lowest BCUT2D eigenvalue weighted by atomic mass is 10.1. The summed E-state index contributed by atoms with van der Waals surface area (Å²) in [5, 5.41) is 17.0. The molecule has 1 aromatic carbocycles. The van der Waals surface area contributed by atoms with Crippen LogP contribution in [0.5, 0.6) is 0 Å². The standard InChI is InChI=1S/C25H25ClN4O3S.CH5N/c1-15-21(13-27-12-20(31)19-5-3-4-10-28-19)34-24-22(15)30(2)14-18(23(24)32)25(33)29-11-16-6-8-17(26)9-7-16;1-2/h3-10,14,20,27,31H,11-13H2,1-2H3,(H,29,33);2H2,1H3. The van der Waals surface area contributed by atoms with Crippen LogP contribution in [0.1, 0.15) is 38.2 Å². The van der Waals surface area contributed by atoms with Crippen molar-refractivity contribution >= 4 is 39.1 Å². The van der Waals surface area contributed by atoms with E-state index in [1.54, 1.807) is 36.7 Å². The molecule has 10 heteroatoms. The third kappa shape index (κ3) is 6.37. The Hall–Kier alpha value is -3.08. The first-order valence-electron chi connectivity index (χ1n) is 11.4. The number of nitrogens with zero attached hydrogens (tertiary/aromatic N) is 2. The van der Waals surface area contributed by atoms with Crippen LogP contribution in [0.15, 0.2) is 59.7 Å². The van der Waals surface area contributed by atoms with Crippen LogP contribution in [0.3, 0.4) is 0 Å². The number of hydrogen-bond acceptors (Lipinski definition) is 7. The number of nitrogens with one attached hydrogen (secondary N) is 2. The number of hydrogen-bond donors (Lipinski definition) is 4. The van der Waals surface area contributed by atoms with Gasteiger partial charge in [-0.2, -0.15) is 0 Å². The minimum atomic E-state index is -0.724. The number of amides is 1. The molecule has 8 nitrogen and oxygen atoms in total. The van der Waals surface area contributed by atoms with E-state index < -0.39 is 12.0 Å². The highest BCUT2D eigenvalue weighted by molar-refractivity contribution is 7.19. The molecule has 4 rings (SSSR count). The number of aromatic nitrogens is 2. The van der Waals surface area contributed by atoms with Gasteiger partial charge in [-0.1, -0.05) is 29.8 Å². The molecule has 190 valence electrons. The van der Waals surface area contributed by atoms with Crippen molar-refractivity contribution in [2.24, 2.45) is 12.8 Å². The number of pyridine rings is 2. The van der Waals surface area contributed by atoms with Crippen LogP contribution in [0, 0.1) is 6.92 Å². The van der Waals surface area contributed by atoms with Gasteiger partial charge < -0.3 is 26.0 Å². The van der Waals surface area contributed by atoms with Crippen LogP contribution in [-0.4, -0.2) is 34.2 Å². The number of nitrogens with two attached hydrogens (primary N) is 1. The number of fused-ring (bicyclic) bond motifs is 1. The molecule has 0 aliphatic rings. The first kappa shape index (κ1) is 27.5. The van der Waals surface area contributed by atoms with Crippen LogP contribution in [0.2, 0.25) is 5.02 Å². The zero-order valence-electron chi connectivity index (χ0n) is 20.4. The molecule has 0 bridgehead atoms. The molecule has 3 aromatic heterocycles. The smallest absolute Gasteiger partial charge is 0.257 e. The second-order valence-corrected chi connectivity index (χ2v) is 9.56. The van der Waals surface area contributed by atoms with Crippen molar-refractivity contribution in [1.29, 1.82) is 0 Å². The summed E-state index contributed by atoms with van der Waals surface area (Å²) in [5.41, 5.74) is 7.61. The molecular weight excluding hydrogens is 498 g/mol. The summed E-state index contributed by atoms with van der Waals surface area (Å²) >= 11 is 7.28. The maximum absolute atomic E-state index is 13.2. The van der Waals surface area contributed by atoms with Gasteiger partial charge in [-0.05, 0) is 49.4 Å². The quantitative estimate of drug-likeness (QED) is 0.279. The molecule has 0 aliphatic carbocycles. The first-order valence-corrected chi connectivity index (χ1v) is 12.6. The maximum atomic E-state index is 13.2. The number of rotatable bonds is 8. The lowest BCUT2D eigenvalue weighted by molar-refractivity contribution is 0.0949. The van der Waals surface area contributed by atoms with Gasteiger partial charge in [0.2, 0.25) is 5.43 Å². The molecule has 1 unspecified atom stereocenters. The van der Waals surface area contributed by atoms with E-state index in [9.17, 15) is 14.7 Å². The summed E-state index contributed by atoms with van der Waals surface area (Å²) in [5.74, 6) is -0.415. The second-order valence-electron chi connectivity index (χ2n) is 8.02. The topological polar surface area (TPSA) is 122 Å². The Morgan fingerprint density at radius 1 is 1.19 bits per heavy atom. The Morgan fingerprint density at radius 2 is 1.92 bits per heavy atom. The monoisotopic (exact) mass is 527 g/mol. The van der Waals surface area contributed by atoms with E-state index >= 15 is 0 Å². The summed E-state index contributed by atoms with van der Waals surface area (Å²) in [6.45, 7) is 3.09. The van der Waals surface area contributed by atoms with Crippen molar-refractivity contribution in [2.45, 2.75) is 26.1 Å². The van der Waals surface area contributed by atoms with Crippen LogP contribution >= 0.6 is 22.9 Å². The number of aryl methyl sites for hydroxylation is 2. The number of benzene rings is 1. The van der Waals surface area contributed by atoms with Gasteiger partial charge in [0.15, 0.2) is 0 Å². The van der Waals surface area contributed by atoms with Crippen LogP contribution in [0.4, 0.5) is 0 Å². The zero-order chi connectivity index (χ0) is 26.2. The number of carbonyl (C=O) groups is 1. The normalized spacial score (nSPS) is 11.6. The average Bonchev–Trinajstić information content (AvgIpc) is 3.24. The Morgan fingerprint density at radius 3 is 2.58 bits per heavy atom. The minimum Gasteiger partial charge on any atom is -0.385 e. The van der Waals surface area contributed by atoms with Crippen molar-refractivity contribution < 1.29 is 9.90 Å². The van der Waals surface area contributed by atoms with E-state index in [1.807, 2.05) is 36.7 Å². The summed E-state index contributed by atoms with van der Waals surface area (Å²) in [6.07, 6.45) is 2.51. The van der Waals surface area contributed by atoms with Gasteiger partial charge in [0, 0.05) is 49.0 Å². The van der Waals surface area contributed by atoms with Gasteiger partial charge >= 0.3 is 0 Å². The Kier molecular flexibility index (Phi) is 9.74. The number of halogens is 1. The van der Waals surface area contributed by atoms with Gasteiger partial charge in [0.1, 0.15) is 11.7 Å². The molecule has 0 fully saturated rings. The van der Waals surface area contributed by atoms with Crippen LogP contribution in [-0.2, 0) is 20.1 Å². The molecule has 4 aromatic rings. The molecule has 0 spiro atoms. The fraction of sp³-hybridized carbons (Fsp3) is 0.269. The van der Waals surface area contributed by atoms with Gasteiger partial charge in [-0.25, -0.2) is 0 Å². The minimum absolute atomic E-state index is 0.107.